The molecule has 1 fully saturated rings. The van der Waals surface area contributed by atoms with E-state index in [2.05, 4.69) is 4.90 Å². The number of hydrogen-bond donors (Lipinski definition) is 1. The number of hydrogen-bond acceptors (Lipinski definition) is 5. The van der Waals surface area contributed by atoms with Crippen LogP contribution < -0.4 is 0 Å². The summed E-state index contributed by atoms with van der Waals surface area (Å²) in [5, 5.41) is 9.08. The second-order valence-electron chi connectivity index (χ2n) is 3.79. The van der Waals surface area contributed by atoms with Gasteiger partial charge in [-0.25, -0.2) is 0 Å². The molecule has 0 aliphatic carbocycles. The lowest BCUT2D eigenvalue weighted by molar-refractivity contribution is -0.131. The van der Waals surface area contributed by atoms with Gasteiger partial charge in [0.25, 0.3) is 0 Å². The minimum absolute atomic E-state index is 0.0122. The Labute approximate surface area is 88.3 Å². The summed E-state index contributed by atoms with van der Waals surface area (Å²) in [7, 11) is 0. The smallest absolute Gasteiger partial charge is 0.182 e. The van der Waals surface area contributed by atoms with Crippen LogP contribution >= 0.6 is 0 Å². The van der Waals surface area contributed by atoms with Gasteiger partial charge >= 0.3 is 0 Å². The van der Waals surface area contributed by atoms with Gasteiger partial charge in [0.2, 0.25) is 0 Å². The monoisotopic (exact) mass is 213 g/mol. The van der Waals surface area contributed by atoms with Crippen molar-refractivity contribution in [3.05, 3.63) is 12.0 Å². The van der Waals surface area contributed by atoms with Crippen molar-refractivity contribution in [2.24, 2.45) is 0 Å². The molecule has 1 atom stereocenters. The third-order valence-electron chi connectivity index (χ3n) is 2.61. The van der Waals surface area contributed by atoms with E-state index in [1.807, 2.05) is 0 Å². The highest BCUT2D eigenvalue weighted by atomic mass is 16.5. The van der Waals surface area contributed by atoms with E-state index in [-0.39, 0.29) is 18.0 Å². The van der Waals surface area contributed by atoms with Gasteiger partial charge in [0.1, 0.15) is 12.0 Å². The van der Waals surface area contributed by atoms with Crippen LogP contribution in [-0.4, -0.2) is 54.7 Å². The molecular weight excluding hydrogens is 198 g/mol. The van der Waals surface area contributed by atoms with Gasteiger partial charge in [-0.05, 0) is 0 Å². The van der Waals surface area contributed by atoms with Crippen molar-refractivity contribution in [1.29, 1.82) is 0 Å². The molecule has 1 N–H and O–H groups in total. The molecule has 0 saturated carbocycles. The summed E-state index contributed by atoms with van der Waals surface area (Å²) in [4.78, 5) is 13.6. The zero-order valence-corrected chi connectivity index (χ0v) is 8.52. The molecule has 15 heavy (non-hydrogen) atoms. The van der Waals surface area contributed by atoms with Crippen LogP contribution in [0, 0.1) is 0 Å². The Morgan fingerprint density at radius 1 is 1.47 bits per heavy atom. The Bertz CT molecular complexity index is 271. The Morgan fingerprint density at radius 3 is 2.87 bits per heavy atom. The maximum Gasteiger partial charge on any atom is 0.182 e. The number of carbonyl (C=O) groups excluding carboxylic acids is 1. The fourth-order valence-corrected chi connectivity index (χ4v) is 1.73. The third-order valence-corrected chi connectivity index (χ3v) is 2.61. The molecule has 0 aromatic rings. The highest BCUT2D eigenvalue weighted by molar-refractivity contribution is 5.85. The number of nitrogens with zero attached hydrogens (tertiary/aromatic N) is 1. The number of ether oxygens (including phenoxy) is 2. The number of aliphatic hydroxyl groups excluding tert-OH is 1. The van der Waals surface area contributed by atoms with Crippen LogP contribution in [0.2, 0.25) is 0 Å². The molecule has 2 rings (SSSR count). The Hall–Kier alpha value is -1.07. The quantitative estimate of drug-likeness (QED) is 0.703. The number of allylic oxidation sites excluding steroid dienone is 1. The van der Waals surface area contributed by atoms with Crippen molar-refractivity contribution in [2.75, 3.05) is 32.8 Å². The molecule has 0 spiro atoms. The summed E-state index contributed by atoms with van der Waals surface area (Å²) >= 11 is 0. The van der Waals surface area contributed by atoms with Crippen LogP contribution in [0.1, 0.15) is 6.42 Å². The lowest BCUT2D eigenvalue weighted by atomic mass is 10.1. The summed E-state index contributed by atoms with van der Waals surface area (Å²) in [6.45, 7) is 3.68. The Balaban J connectivity index is 1.86. The number of morpholine rings is 1. The molecule has 2 heterocycles. The number of rotatable bonds is 2. The summed E-state index contributed by atoms with van der Waals surface area (Å²) in [5.74, 6) is -0.0419. The molecule has 2 aliphatic rings. The summed E-state index contributed by atoms with van der Waals surface area (Å²) in [5.41, 5.74) is 0. The SMILES string of the molecule is O=C1CC(O)=COC1CN1CCOCC1. The molecular formula is C10H15NO4. The van der Waals surface area contributed by atoms with E-state index < -0.39 is 6.10 Å². The minimum Gasteiger partial charge on any atom is -0.509 e. The van der Waals surface area contributed by atoms with Crippen molar-refractivity contribution in [2.45, 2.75) is 12.5 Å². The number of ketones is 1. The first kappa shape index (κ1) is 10.4. The molecule has 1 unspecified atom stereocenters. The number of Topliss-reactive ketones (excluding diaryl/α,β-unsaturated/α-hetero) is 1. The maximum absolute atomic E-state index is 11.5. The van der Waals surface area contributed by atoms with E-state index in [0.717, 1.165) is 13.1 Å². The molecule has 0 aromatic carbocycles. The molecule has 0 amide bonds. The van der Waals surface area contributed by atoms with Crippen molar-refractivity contribution >= 4 is 5.78 Å². The van der Waals surface area contributed by atoms with Crippen LogP contribution in [-0.2, 0) is 14.3 Å². The summed E-state index contributed by atoms with van der Waals surface area (Å²) < 4.78 is 10.4. The predicted molar refractivity (Wildman–Crippen MR) is 52.5 cm³/mol. The van der Waals surface area contributed by atoms with Gasteiger partial charge in [0.15, 0.2) is 11.9 Å². The van der Waals surface area contributed by atoms with Crippen molar-refractivity contribution in [3.63, 3.8) is 0 Å². The van der Waals surface area contributed by atoms with Gasteiger partial charge in [0, 0.05) is 19.6 Å². The summed E-state index contributed by atoms with van der Waals surface area (Å²) in [6.07, 6.45) is 0.931. The van der Waals surface area contributed by atoms with Crippen molar-refractivity contribution < 1.29 is 19.4 Å². The number of carbonyl (C=O) groups is 1. The van der Waals surface area contributed by atoms with E-state index in [1.54, 1.807) is 0 Å². The third kappa shape index (κ3) is 2.70. The molecule has 5 nitrogen and oxygen atoms in total. The average Bonchev–Trinajstić information content (AvgIpc) is 2.24. The largest absolute Gasteiger partial charge is 0.509 e. The topological polar surface area (TPSA) is 59.0 Å². The van der Waals surface area contributed by atoms with Crippen LogP contribution in [0.3, 0.4) is 0 Å². The van der Waals surface area contributed by atoms with E-state index in [0.29, 0.717) is 19.8 Å². The highest BCUT2D eigenvalue weighted by Gasteiger charge is 2.27. The zero-order valence-electron chi connectivity index (χ0n) is 8.52. The summed E-state index contributed by atoms with van der Waals surface area (Å²) in [6, 6.07) is 0. The molecule has 5 heteroatoms. The Kier molecular flexibility index (Phi) is 3.23. The normalized spacial score (nSPS) is 28.4. The molecule has 0 aromatic heterocycles. The minimum atomic E-state index is -0.431. The van der Waals surface area contributed by atoms with Gasteiger partial charge in [0.05, 0.1) is 19.6 Å². The second-order valence-corrected chi connectivity index (χ2v) is 3.79. The van der Waals surface area contributed by atoms with Crippen LogP contribution in [0.4, 0.5) is 0 Å². The first-order chi connectivity index (χ1) is 7.25. The van der Waals surface area contributed by atoms with Crippen LogP contribution in [0.25, 0.3) is 0 Å². The van der Waals surface area contributed by atoms with Gasteiger partial charge in [-0.3, -0.25) is 9.69 Å². The van der Waals surface area contributed by atoms with Gasteiger partial charge in [-0.2, -0.15) is 0 Å². The Morgan fingerprint density at radius 2 is 2.20 bits per heavy atom. The van der Waals surface area contributed by atoms with Crippen molar-refractivity contribution in [3.8, 4) is 0 Å². The van der Waals surface area contributed by atoms with E-state index >= 15 is 0 Å². The molecule has 0 radical (unpaired) electrons. The van der Waals surface area contributed by atoms with E-state index in [1.165, 1.54) is 6.26 Å². The van der Waals surface area contributed by atoms with Crippen molar-refractivity contribution in [1.82, 2.24) is 4.90 Å². The van der Waals surface area contributed by atoms with E-state index in [4.69, 9.17) is 14.6 Å². The van der Waals surface area contributed by atoms with Gasteiger partial charge in [-0.15, -0.1) is 0 Å². The zero-order chi connectivity index (χ0) is 10.7. The second kappa shape index (κ2) is 4.63. The lowest BCUT2D eigenvalue weighted by Gasteiger charge is -2.30. The standard InChI is InChI=1S/C10H15NO4/c12-8-5-9(13)10(15-7-8)6-11-1-3-14-4-2-11/h7,10,12H,1-6H2. The molecule has 84 valence electrons. The lowest BCUT2D eigenvalue weighted by Crippen LogP contribution is -2.44. The maximum atomic E-state index is 11.5. The predicted octanol–water partition coefficient (Wildman–Crippen LogP) is 0.0760. The first-order valence-electron chi connectivity index (χ1n) is 5.12. The van der Waals surface area contributed by atoms with Crippen LogP contribution in [0.5, 0.6) is 0 Å². The molecule has 1 saturated heterocycles. The number of aliphatic hydroxyl groups is 1. The van der Waals surface area contributed by atoms with Gasteiger partial charge in [-0.1, -0.05) is 0 Å². The van der Waals surface area contributed by atoms with Gasteiger partial charge < -0.3 is 14.6 Å². The van der Waals surface area contributed by atoms with Crippen LogP contribution in [0.15, 0.2) is 12.0 Å². The fraction of sp³-hybridized carbons (Fsp3) is 0.700. The average molecular weight is 213 g/mol. The van der Waals surface area contributed by atoms with E-state index in [9.17, 15) is 4.79 Å². The first-order valence-corrected chi connectivity index (χ1v) is 5.12. The molecule has 0 bridgehead atoms. The molecule has 2 aliphatic heterocycles. The highest BCUT2D eigenvalue weighted by Crippen LogP contribution is 2.13. The fourth-order valence-electron chi connectivity index (χ4n) is 1.73.